The van der Waals surface area contributed by atoms with Gasteiger partial charge in [0.1, 0.15) is 5.75 Å². The van der Waals surface area contributed by atoms with E-state index in [-0.39, 0.29) is 36.8 Å². The summed E-state index contributed by atoms with van der Waals surface area (Å²) in [6.45, 7) is 5.95. The van der Waals surface area contributed by atoms with Crippen LogP contribution in [0.5, 0.6) is 17.2 Å². The minimum Gasteiger partial charge on any atom is -0.496 e. The molecule has 9 heteroatoms. The quantitative estimate of drug-likeness (QED) is 0.467. The summed E-state index contributed by atoms with van der Waals surface area (Å²) in [5.74, 6) is 0.0461. The van der Waals surface area contributed by atoms with Gasteiger partial charge < -0.3 is 29.7 Å². The smallest absolute Gasteiger partial charge is 0.496 e. The predicted molar refractivity (Wildman–Crippen MR) is 135 cm³/mol. The zero-order chi connectivity index (χ0) is 26.8. The summed E-state index contributed by atoms with van der Waals surface area (Å²) < 4.78 is 41.7. The van der Waals surface area contributed by atoms with E-state index in [1.165, 1.54) is 12.1 Å². The maximum Gasteiger partial charge on any atom is 0.586 e. The minimum atomic E-state index is -3.72. The molecule has 0 bridgehead atoms. The van der Waals surface area contributed by atoms with Crippen molar-refractivity contribution in [2.45, 2.75) is 63.8 Å². The summed E-state index contributed by atoms with van der Waals surface area (Å²) in [6, 6.07) is 8.10. The molecule has 37 heavy (non-hydrogen) atoms. The molecule has 3 aliphatic rings. The molecular formula is C28H33F2NO6. The van der Waals surface area contributed by atoms with Gasteiger partial charge >= 0.3 is 6.29 Å². The molecule has 3 N–H and O–H groups in total. The first-order valence-corrected chi connectivity index (χ1v) is 12.3. The molecule has 7 nitrogen and oxygen atoms in total. The molecule has 1 saturated carbocycles. The van der Waals surface area contributed by atoms with Crippen molar-refractivity contribution in [3.63, 3.8) is 0 Å². The number of aliphatic hydroxyl groups excluding tert-OH is 2. The van der Waals surface area contributed by atoms with E-state index in [0.717, 1.165) is 16.7 Å². The predicted octanol–water partition coefficient (Wildman–Crippen LogP) is 5.20. The van der Waals surface area contributed by atoms with E-state index < -0.39 is 17.8 Å². The van der Waals surface area contributed by atoms with Gasteiger partial charge in [-0.3, -0.25) is 4.79 Å². The molecule has 0 spiro atoms. The number of hydrogen-bond donors (Lipinski definition) is 3. The van der Waals surface area contributed by atoms with Gasteiger partial charge in [-0.1, -0.05) is 38.5 Å². The highest BCUT2D eigenvalue weighted by molar-refractivity contribution is 6.02. The van der Waals surface area contributed by atoms with E-state index in [4.69, 9.17) is 4.74 Å². The summed E-state index contributed by atoms with van der Waals surface area (Å²) >= 11 is 0. The van der Waals surface area contributed by atoms with Crippen molar-refractivity contribution in [1.29, 1.82) is 0 Å². The van der Waals surface area contributed by atoms with Crippen LogP contribution < -0.4 is 19.5 Å². The van der Waals surface area contributed by atoms with Gasteiger partial charge in [0.15, 0.2) is 11.5 Å². The number of halogens is 2. The Morgan fingerprint density at radius 2 is 1.92 bits per heavy atom. The van der Waals surface area contributed by atoms with E-state index in [2.05, 4.69) is 41.6 Å². The first-order valence-electron chi connectivity index (χ1n) is 12.3. The second-order valence-corrected chi connectivity index (χ2v) is 11.0. The number of rotatable bonds is 7. The van der Waals surface area contributed by atoms with Crippen molar-refractivity contribution in [1.82, 2.24) is 0 Å². The SMILES string of the molecule is COc1cc(NC(=O)C2(c3ccc4c(c3)OC(F)(F)O4)CC2)cc2c1C(C[C@@H](O)CO)C(C(C)(C)C)=C2.[HH]. The lowest BCUT2D eigenvalue weighted by Crippen LogP contribution is -2.28. The van der Waals surface area contributed by atoms with Crippen LogP contribution in [0.1, 0.15) is 64.1 Å². The molecule has 1 amide bonds. The highest BCUT2D eigenvalue weighted by Crippen LogP contribution is 2.54. The van der Waals surface area contributed by atoms with Gasteiger partial charge in [0, 0.05) is 24.7 Å². The number of ether oxygens (including phenoxy) is 3. The van der Waals surface area contributed by atoms with Gasteiger partial charge in [-0.2, -0.15) is 0 Å². The summed E-state index contributed by atoms with van der Waals surface area (Å²) in [6.07, 6.45) is -1.03. The fraction of sp³-hybridized carbons (Fsp3) is 0.464. The van der Waals surface area contributed by atoms with Gasteiger partial charge in [-0.05, 0) is 54.0 Å². The number of carbonyl (C=O) groups excluding carboxylic acids is 1. The van der Waals surface area contributed by atoms with Crippen LogP contribution in [0.3, 0.4) is 0 Å². The number of fused-ring (bicyclic) bond motifs is 2. The molecular weight excluding hydrogens is 484 g/mol. The Morgan fingerprint density at radius 3 is 2.54 bits per heavy atom. The highest BCUT2D eigenvalue weighted by Gasteiger charge is 2.53. The number of alkyl halides is 2. The molecule has 1 aliphatic heterocycles. The Morgan fingerprint density at radius 1 is 1.22 bits per heavy atom. The second-order valence-electron chi connectivity index (χ2n) is 11.0. The first-order chi connectivity index (χ1) is 17.4. The molecule has 200 valence electrons. The Bertz CT molecular complexity index is 1280. The largest absolute Gasteiger partial charge is 0.586 e. The Balaban J connectivity index is 0.00000336. The fourth-order valence-corrected chi connectivity index (χ4v) is 5.41. The van der Waals surface area contributed by atoms with Crippen LogP contribution in [0.15, 0.2) is 35.9 Å². The number of allylic oxidation sites excluding steroid dienone is 1. The number of benzene rings is 2. The van der Waals surface area contributed by atoms with Gasteiger partial charge in [0.05, 0.1) is 25.2 Å². The Labute approximate surface area is 215 Å². The van der Waals surface area contributed by atoms with Crippen LogP contribution in [-0.2, 0) is 10.2 Å². The third-order valence-electron chi connectivity index (χ3n) is 7.41. The van der Waals surface area contributed by atoms with Crippen molar-refractivity contribution in [2.75, 3.05) is 19.0 Å². The van der Waals surface area contributed by atoms with Gasteiger partial charge in [-0.25, -0.2) is 0 Å². The number of carbonyl (C=O) groups is 1. The highest BCUT2D eigenvalue weighted by atomic mass is 19.3. The third kappa shape index (κ3) is 4.55. The average molecular weight is 518 g/mol. The molecule has 5 rings (SSSR count). The van der Waals surface area contributed by atoms with E-state index in [1.807, 2.05) is 6.07 Å². The second kappa shape index (κ2) is 8.70. The lowest BCUT2D eigenvalue weighted by Gasteiger charge is -2.29. The molecule has 2 atom stereocenters. The van der Waals surface area contributed by atoms with Crippen LogP contribution in [-0.4, -0.2) is 42.2 Å². The fourth-order valence-electron chi connectivity index (χ4n) is 5.41. The maximum atomic E-state index is 13.5. The molecule has 2 aliphatic carbocycles. The van der Waals surface area contributed by atoms with Crippen LogP contribution in [0, 0.1) is 5.41 Å². The summed E-state index contributed by atoms with van der Waals surface area (Å²) in [5, 5.41) is 22.7. The van der Waals surface area contributed by atoms with Crippen molar-refractivity contribution in [3.05, 3.63) is 52.6 Å². The molecule has 1 unspecified atom stereocenters. The van der Waals surface area contributed by atoms with Crippen molar-refractivity contribution >= 4 is 17.7 Å². The molecule has 2 aromatic rings. The van der Waals surface area contributed by atoms with Gasteiger partial charge in [-0.15, -0.1) is 8.78 Å². The number of anilines is 1. The van der Waals surface area contributed by atoms with Crippen molar-refractivity contribution in [2.24, 2.45) is 5.41 Å². The summed E-state index contributed by atoms with van der Waals surface area (Å²) in [5.41, 5.74) is 3.00. The Kier molecular flexibility index (Phi) is 5.99. The first kappa shape index (κ1) is 25.5. The molecule has 0 saturated heterocycles. The lowest BCUT2D eigenvalue weighted by molar-refractivity contribution is -0.286. The number of aliphatic hydroxyl groups is 2. The zero-order valence-electron chi connectivity index (χ0n) is 21.2. The van der Waals surface area contributed by atoms with Crippen LogP contribution in [0.25, 0.3) is 6.08 Å². The van der Waals surface area contributed by atoms with E-state index in [1.54, 1.807) is 19.2 Å². The standard InChI is InChI=1S/C28H31F2NO6.H2/c1-26(2,3)20-10-15-9-17(12-23(35-4)24(15)19(20)13-18(33)14-32)31-25(34)27(7-8-27)16-5-6-21-22(11-16)37-28(29,30)36-21;/h5-6,9-12,18-19,32-33H,7-8,13-14H2,1-4H3,(H,31,34);1H/t18-,19?;/m1./s1. The monoisotopic (exact) mass is 517 g/mol. The Hall–Kier alpha value is -3.17. The van der Waals surface area contributed by atoms with Crippen LogP contribution in [0.4, 0.5) is 14.5 Å². The normalized spacial score (nSPS) is 21.2. The number of nitrogens with one attached hydrogen (secondary N) is 1. The average Bonchev–Trinajstić information content (AvgIpc) is 3.46. The molecule has 0 aromatic heterocycles. The van der Waals surface area contributed by atoms with Gasteiger partial charge in [0.2, 0.25) is 5.91 Å². The van der Waals surface area contributed by atoms with Crippen molar-refractivity contribution in [3.8, 4) is 17.2 Å². The number of amides is 1. The lowest BCUT2D eigenvalue weighted by atomic mass is 9.77. The molecule has 1 fully saturated rings. The molecule has 1 heterocycles. The van der Waals surface area contributed by atoms with E-state index >= 15 is 0 Å². The van der Waals surface area contributed by atoms with Gasteiger partial charge in [0.25, 0.3) is 0 Å². The maximum absolute atomic E-state index is 13.5. The summed E-state index contributed by atoms with van der Waals surface area (Å²) in [7, 11) is 1.56. The van der Waals surface area contributed by atoms with E-state index in [9.17, 15) is 23.8 Å². The van der Waals surface area contributed by atoms with Crippen LogP contribution >= 0.6 is 0 Å². The number of methoxy groups -OCH3 is 1. The molecule has 0 radical (unpaired) electrons. The molecule has 2 aromatic carbocycles. The third-order valence-corrected chi connectivity index (χ3v) is 7.41. The van der Waals surface area contributed by atoms with Crippen molar-refractivity contribution < 1.29 is 39.4 Å². The minimum absolute atomic E-state index is 0. The zero-order valence-corrected chi connectivity index (χ0v) is 21.2. The topological polar surface area (TPSA) is 97.3 Å². The summed E-state index contributed by atoms with van der Waals surface area (Å²) in [4.78, 5) is 13.4. The number of hydrogen-bond acceptors (Lipinski definition) is 6. The van der Waals surface area contributed by atoms with E-state index in [0.29, 0.717) is 36.3 Å². The van der Waals surface area contributed by atoms with Crippen LogP contribution in [0.2, 0.25) is 0 Å².